The summed E-state index contributed by atoms with van der Waals surface area (Å²) < 4.78 is 2.38. The Morgan fingerprint density at radius 1 is 1.67 bits per heavy atom. The second-order valence-corrected chi connectivity index (χ2v) is 3.49. The maximum atomic E-state index is 11.3. The molecule has 1 aromatic rings. The summed E-state index contributed by atoms with van der Waals surface area (Å²) in [5.41, 5.74) is 1.69. The minimum Gasteiger partial charge on any atom is -0.352 e. The molecule has 0 spiro atoms. The van der Waals surface area contributed by atoms with Gasteiger partial charge in [-0.3, -0.25) is 9.48 Å². The molecule has 0 radical (unpaired) electrons. The number of halogens is 1. The minimum atomic E-state index is -0.0313. The van der Waals surface area contributed by atoms with Gasteiger partial charge in [-0.2, -0.15) is 5.10 Å². The molecular weight excluding hydrogens is 222 g/mol. The van der Waals surface area contributed by atoms with Crippen LogP contribution >= 0.6 is 15.9 Å². The topological polar surface area (TPSA) is 46.9 Å². The Morgan fingerprint density at radius 3 is 3.08 bits per heavy atom. The van der Waals surface area contributed by atoms with Gasteiger partial charge in [0, 0.05) is 20.0 Å². The molecule has 0 atom stereocenters. The van der Waals surface area contributed by atoms with Crippen LogP contribution in [0.3, 0.4) is 0 Å². The lowest BCUT2D eigenvalue weighted by Crippen LogP contribution is -2.32. The highest BCUT2D eigenvalue weighted by molar-refractivity contribution is 9.10. The van der Waals surface area contributed by atoms with Crippen molar-refractivity contribution in [3.8, 4) is 0 Å². The molecule has 0 saturated heterocycles. The number of fused-ring (bicyclic) bond motifs is 1. The van der Waals surface area contributed by atoms with E-state index in [1.165, 1.54) is 0 Å². The Labute approximate surface area is 78.1 Å². The van der Waals surface area contributed by atoms with Crippen molar-refractivity contribution in [2.24, 2.45) is 7.05 Å². The third-order valence-corrected chi connectivity index (χ3v) is 2.55. The first-order chi connectivity index (χ1) is 5.70. The maximum absolute atomic E-state index is 11.3. The number of amides is 1. The summed E-state index contributed by atoms with van der Waals surface area (Å²) >= 11 is 3.25. The fourth-order valence-electron chi connectivity index (χ4n) is 1.42. The number of hydrogen-bond acceptors (Lipinski definition) is 2. The minimum absolute atomic E-state index is 0.0313. The van der Waals surface area contributed by atoms with E-state index in [9.17, 15) is 4.79 Å². The van der Waals surface area contributed by atoms with Crippen LogP contribution < -0.4 is 5.32 Å². The molecule has 1 aromatic heterocycles. The maximum Gasteiger partial charge on any atom is 0.255 e. The fraction of sp³-hybridized carbons (Fsp3) is 0.429. The molecule has 0 saturated carbocycles. The van der Waals surface area contributed by atoms with E-state index in [4.69, 9.17) is 0 Å². The number of carbonyl (C=O) groups is 1. The van der Waals surface area contributed by atoms with Gasteiger partial charge in [-0.15, -0.1) is 0 Å². The average Bonchev–Trinajstić information content (AvgIpc) is 2.29. The molecule has 1 amide bonds. The summed E-state index contributed by atoms with van der Waals surface area (Å²) in [6.45, 7) is 0.706. The third kappa shape index (κ3) is 0.964. The number of aromatic nitrogens is 2. The summed E-state index contributed by atoms with van der Waals surface area (Å²) in [6.07, 6.45) is 0.857. The molecule has 12 heavy (non-hydrogen) atoms. The quantitative estimate of drug-likeness (QED) is 0.704. The number of carbonyl (C=O) groups excluding carboxylic acids is 1. The molecule has 64 valence electrons. The number of hydrogen-bond donors (Lipinski definition) is 1. The molecule has 1 aliphatic rings. The van der Waals surface area contributed by atoms with Crippen LogP contribution in [0.25, 0.3) is 0 Å². The predicted molar refractivity (Wildman–Crippen MR) is 46.9 cm³/mol. The monoisotopic (exact) mass is 229 g/mol. The Hall–Kier alpha value is -0.840. The van der Waals surface area contributed by atoms with E-state index >= 15 is 0 Å². The van der Waals surface area contributed by atoms with Crippen LogP contribution in [0.5, 0.6) is 0 Å². The van der Waals surface area contributed by atoms with Gasteiger partial charge in [0.15, 0.2) is 0 Å². The van der Waals surface area contributed by atoms with E-state index < -0.39 is 0 Å². The first kappa shape index (κ1) is 7.79. The second kappa shape index (κ2) is 2.58. The van der Waals surface area contributed by atoms with E-state index in [2.05, 4.69) is 26.3 Å². The Morgan fingerprint density at radius 2 is 2.42 bits per heavy atom. The summed E-state index contributed by atoms with van der Waals surface area (Å²) in [5.74, 6) is -0.0313. The molecule has 2 heterocycles. The van der Waals surface area contributed by atoms with Gasteiger partial charge in [-0.25, -0.2) is 0 Å². The lowest BCUT2D eigenvalue weighted by atomic mass is 10.1. The van der Waals surface area contributed by atoms with Crippen LogP contribution in [0.2, 0.25) is 0 Å². The molecule has 0 fully saturated rings. The van der Waals surface area contributed by atoms with E-state index in [-0.39, 0.29) is 5.91 Å². The van der Waals surface area contributed by atoms with E-state index in [0.717, 1.165) is 12.1 Å². The van der Waals surface area contributed by atoms with E-state index in [1.54, 1.807) is 4.68 Å². The standard InChI is InChI=1S/C7H8BrN3O/c1-11-4-2-3-9-7(12)5(4)6(8)10-11/h2-3H2,1H3,(H,9,12). The van der Waals surface area contributed by atoms with Crippen molar-refractivity contribution < 1.29 is 4.79 Å². The molecule has 4 nitrogen and oxygen atoms in total. The van der Waals surface area contributed by atoms with Crippen molar-refractivity contribution in [3.05, 3.63) is 15.9 Å². The highest BCUT2D eigenvalue weighted by Crippen LogP contribution is 2.21. The summed E-state index contributed by atoms with van der Waals surface area (Å²) in [6, 6.07) is 0. The van der Waals surface area contributed by atoms with Gasteiger partial charge in [0.2, 0.25) is 0 Å². The number of nitrogens with zero attached hydrogens (tertiary/aromatic N) is 2. The molecule has 1 N–H and O–H groups in total. The van der Waals surface area contributed by atoms with Crippen molar-refractivity contribution in [3.63, 3.8) is 0 Å². The van der Waals surface area contributed by atoms with E-state index in [0.29, 0.717) is 16.7 Å². The van der Waals surface area contributed by atoms with Gasteiger partial charge in [0.25, 0.3) is 5.91 Å². The van der Waals surface area contributed by atoms with Crippen LogP contribution in [0.4, 0.5) is 0 Å². The second-order valence-electron chi connectivity index (χ2n) is 2.74. The zero-order chi connectivity index (χ0) is 8.72. The van der Waals surface area contributed by atoms with Gasteiger partial charge >= 0.3 is 0 Å². The van der Waals surface area contributed by atoms with Gasteiger partial charge in [-0.05, 0) is 15.9 Å². The Bertz CT molecular complexity index is 345. The van der Waals surface area contributed by atoms with Gasteiger partial charge < -0.3 is 5.32 Å². The smallest absolute Gasteiger partial charge is 0.255 e. The lowest BCUT2D eigenvalue weighted by Gasteiger charge is -2.12. The Balaban J connectivity index is 2.62. The van der Waals surface area contributed by atoms with Crippen LogP contribution in [-0.4, -0.2) is 22.2 Å². The van der Waals surface area contributed by atoms with Crippen molar-refractivity contribution in [2.45, 2.75) is 6.42 Å². The van der Waals surface area contributed by atoms with Crippen LogP contribution in [0, 0.1) is 0 Å². The zero-order valence-corrected chi connectivity index (χ0v) is 8.18. The largest absolute Gasteiger partial charge is 0.352 e. The highest BCUT2D eigenvalue weighted by Gasteiger charge is 2.24. The van der Waals surface area contributed by atoms with Crippen molar-refractivity contribution >= 4 is 21.8 Å². The van der Waals surface area contributed by atoms with Crippen molar-refractivity contribution in [1.29, 1.82) is 0 Å². The average molecular weight is 230 g/mol. The zero-order valence-electron chi connectivity index (χ0n) is 6.59. The fourth-order valence-corrected chi connectivity index (χ4v) is 2.06. The Kier molecular flexibility index (Phi) is 1.68. The normalized spacial score (nSPS) is 15.7. The number of rotatable bonds is 0. The van der Waals surface area contributed by atoms with Crippen LogP contribution in [0.15, 0.2) is 4.60 Å². The number of nitrogens with one attached hydrogen (secondary N) is 1. The molecule has 0 aromatic carbocycles. The van der Waals surface area contributed by atoms with E-state index in [1.807, 2.05) is 7.05 Å². The highest BCUT2D eigenvalue weighted by atomic mass is 79.9. The summed E-state index contributed by atoms with van der Waals surface area (Å²) in [4.78, 5) is 11.3. The van der Waals surface area contributed by atoms with Crippen molar-refractivity contribution in [2.75, 3.05) is 6.54 Å². The molecule has 0 bridgehead atoms. The summed E-state index contributed by atoms with van der Waals surface area (Å²) in [7, 11) is 1.85. The SMILES string of the molecule is Cn1nc(Br)c2c1CCNC2=O. The molecule has 1 aliphatic heterocycles. The third-order valence-electron chi connectivity index (χ3n) is 2.00. The lowest BCUT2D eigenvalue weighted by molar-refractivity contribution is 0.0944. The molecule has 5 heteroatoms. The first-order valence-electron chi connectivity index (χ1n) is 3.69. The molecule has 2 rings (SSSR count). The molecule has 0 unspecified atom stereocenters. The van der Waals surface area contributed by atoms with Crippen LogP contribution in [-0.2, 0) is 13.5 Å². The predicted octanol–water partition coefficient (Wildman–Crippen LogP) is 0.468. The van der Waals surface area contributed by atoms with Gasteiger partial charge in [0.1, 0.15) is 4.60 Å². The number of aryl methyl sites for hydroxylation is 1. The summed E-state index contributed by atoms with van der Waals surface area (Å²) in [5, 5.41) is 6.89. The molecule has 0 aliphatic carbocycles. The van der Waals surface area contributed by atoms with Gasteiger partial charge in [-0.1, -0.05) is 0 Å². The molecular formula is C7H8BrN3O. The van der Waals surface area contributed by atoms with Gasteiger partial charge in [0.05, 0.1) is 11.3 Å². The first-order valence-corrected chi connectivity index (χ1v) is 4.49. The van der Waals surface area contributed by atoms with Crippen LogP contribution in [0.1, 0.15) is 16.1 Å². The van der Waals surface area contributed by atoms with Crippen molar-refractivity contribution in [1.82, 2.24) is 15.1 Å².